The average molecular weight is 590 g/mol. The van der Waals surface area contributed by atoms with Gasteiger partial charge in [-0.3, -0.25) is 13.5 Å². The van der Waals surface area contributed by atoms with Crippen LogP contribution in [0.5, 0.6) is 5.88 Å². The van der Waals surface area contributed by atoms with Gasteiger partial charge in [0.2, 0.25) is 15.7 Å². The Morgan fingerprint density at radius 2 is 1.52 bits per heavy atom. The summed E-state index contributed by atoms with van der Waals surface area (Å²) in [5, 5.41) is 10.5. The number of aromatic nitrogens is 2. The van der Waals surface area contributed by atoms with Crippen LogP contribution >= 0.6 is 0 Å². The summed E-state index contributed by atoms with van der Waals surface area (Å²) in [4.78, 5) is 27.4. The molecule has 0 bridgehead atoms. The molecule has 1 N–H and O–H groups in total. The van der Waals surface area contributed by atoms with Crippen molar-refractivity contribution in [2.45, 2.75) is 32.2 Å². The topological polar surface area (TPSA) is 145 Å². The van der Waals surface area contributed by atoms with Crippen LogP contribution in [0.15, 0.2) is 97.7 Å². The molecule has 0 saturated heterocycles. The lowest BCUT2D eigenvalue weighted by Gasteiger charge is -2.15. The summed E-state index contributed by atoms with van der Waals surface area (Å²) >= 11 is 0. The number of benzene rings is 2. The smallest absolute Gasteiger partial charge is 0.338 e. The van der Waals surface area contributed by atoms with Crippen LogP contribution in [0, 0.1) is 6.92 Å². The molecule has 13 heteroatoms. The number of hydrogen-bond donors (Lipinski definition) is 1. The monoisotopic (exact) mass is 589 g/mol. The lowest BCUT2D eigenvalue weighted by atomic mass is 10.3. The molecule has 0 spiro atoms. The summed E-state index contributed by atoms with van der Waals surface area (Å²) in [6.45, 7) is 5.13. The van der Waals surface area contributed by atoms with Gasteiger partial charge >= 0.3 is 15.8 Å². The number of aromatic hydroxyl groups is 1. The molecule has 0 aliphatic rings. The number of allylic oxidation sites excluding steroid dienone is 2. The van der Waals surface area contributed by atoms with E-state index in [1.807, 2.05) is 18.7 Å². The van der Waals surface area contributed by atoms with Gasteiger partial charge in [-0.2, -0.15) is 8.42 Å². The quantitative estimate of drug-likeness (QED) is 0.249. The Bertz CT molecular complexity index is 1720. The van der Waals surface area contributed by atoms with Crippen molar-refractivity contribution in [2.24, 2.45) is 0 Å². The van der Waals surface area contributed by atoms with Crippen LogP contribution < -0.4 is 11.2 Å². The average Bonchev–Trinajstić information content (AvgIpc) is 2.94. The Labute approximate surface area is 232 Å². The molecule has 1 heterocycles. The molecule has 0 aliphatic carbocycles. The van der Waals surface area contributed by atoms with Gasteiger partial charge in [0.15, 0.2) is 4.24 Å². The lowest BCUT2D eigenvalue weighted by Crippen LogP contribution is -2.40. The van der Waals surface area contributed by atoms with E-state index >= 15 is 0 Å². The third kappa shape index (κ3) is 6.61. The maximum atomic E-state index is 13.3. The molecule has 1 aromatic heterocycles. The first kappa shape index (κ1) is 30.6. The molecule has 0 amide bonds. The van der Waals surface area contributed by atoms with Crippen LogP contribution in [-0.2, 0) is 30.7 Å². The molecule has 40 heavy (non-hydrogen) atoms. The highest BCUT2D eigenvalue weighted by molar-refractivity contribution is 8.12. The molecule has 2 aromatic carbocycles. The number of para-hydroxylation sites is 1. The number of nitrogens with zero attached hydrogens (tertiary/aromatic N) is 3. The van der Waals surface area contributed by atoms with Crippen LogP contribution in [-0.4, -0.2) is 55.7 Å². The second kappa shape index (κ2) is 12.9. The summed E-state index contributed by atoms with van der Waals surface area (Å²) in [5.41, 5.74) is -1.55. The van der Waals surface area contributed by atoms with Crippen molar-refractivity contribution < 1.29 is 26.1 Å². The SMILES string of the molecule is CCN(/C=C/C=C(/S(=O)(=O)OCCn1c(O)c(C)c(=O)n(-c2ccccc2)c1=O)S(=O)(=O)c1ccccc1)CC. The molecule has 11 nitrogen and oxygen atoms in total. The van der Waals surface area contributed by atoms with E-state index in [2.05, 4.69) is 0 Å². The van der Waals surface area contributed by atoms with Crippen LogP contribution in [0.4, 0.5) is 0 Å². The Balaban J connectivity index is 1.98. The number of hydrogen-bond acceptors (Lipinski definition) is 9. The number of sulfone groups is 1. The summed E-state index contributed by atoms with van der Waals surface area (Å²) in [6, 6.07) is 15.0. The Morgan fingerprint density at radius 1 is 0.950 bits per heavy atom. The van der Waals surface area contributed by atoms with Gasteiger partial charge in [-0.25, -0.2) is 17.8 Å². The van der Waals surface area contributed by atoms with Gasteiger partial charge in [0.05, 0.1) is 29.3 Å². The van der Waals surface area contributed by atoms with Gasteiger partial charge in [0, 0.05) is 13.1 Å². The molecule has 3 aromatic rings. The Kier molecular flexibility index (Phi) is 9.90. The molecule has 0 fully saturated rings. The van der Waals surface area contributed by atoms with E-state index in [-0.39, 0.29) is 16.1 Å². The van der Waals surface area contributed by atoms with E-state index in [1.54, 1.807) is 30.5 Å². The van der Waals surface area contributed by atoms with E-state index in [0.29, 0.717) is 13.1 Å². The Hall–Kier alpha value is -3.94. The van der Waals surface area contributed by atoms with Crippen molar-refractivity contribution in [3.63, 3.8) is 0 Å². The largest absolute Gasteiger partial charge is 0.494 e. The van der Waals surface area contributed by atoms with Crippen LogP contribution in [0.2, 0.25) is 0 Å². The van der Waals surface area contributed by atoms with E-state index in [9.17, 15) is 31.5 Å². The van der Waals surface area contributed by atoms with Gasteiger partial charge in [-0.15, -0.1) is 0 Å². The maximum Gasteiger partial charge on any atom is 0.338 e. The highest BCUT2D eigenvalue weighted by atomic mass is 32.3. The fraction of sp³-hybridized carbons (Fsp3) is 0.259. The van der Waals surface area contributed by atoms with Crippen molar-refractivity contribution in [1.82, 2.24) is 14.0 Å². The van der Waals surface area contributed by atoms with Gasteiger partial charge in [0.25, 0.3) is 5.56 Å². The standard InChI is InChI=1S/C27H31N3O8S2/c1-4-28(5-2)18-12-17-24(39(34,35)23-15-10-7-11-16-23)40(36,37)38-20-19-29-25(31)21(3)26(32)30(27(29)33)22-13-8-6-9-14-22/h6-18,31H,4-5,19-20H2,1-3H3/b18-12+,24-17+. The molecular weight excluding hydrogens is 558 g/mol. The van der Waals surface area contributed by atoms with Crippen molar-refractivity contribution in [3.05, 3.63) is 110 Å². The normalized spacial score (nSPS) is 12.6. The first-order valence-electron chi connectivity index (χ1n) is 12.4. The first-order chi connectivity index (χ1) is 19.0. The summed E-state index contributed by atoms with van der Waals surface area (Å²) < 4.78 is 58.7. The van der Waals surface area contributed by atoms with Gasteiger partial charge in [-0.05, 0) is 63.4 Å². The van der Waals surface area contributed by atoms with Crippen LogP contribution in [0.25, 0.3) is 5.69 Å². The van der Waals surface area contributed by atoms with E-state index < -0.39 is 54.5 Å². The molecule has 0 unspecified atom stereocenters. The second-order valence-electron chi connectivity index (χ2n) is 8.50. The minimum Gasteiger partial charge on any atom is -0.494 e. The third-order valence-electron chi connectivity index (χ3n) is 6.01. The van der Waals surface area contributed by atoms with Crippen molar-refractivity contribution in [3.8, 4) is 11.6 Å². The molecule has 0 atom stereocenters. The predicted octanol–water partition coefficient (Wildman–Crippen LogP) is 2.53. The van der Waals surface area contributed by atoms with Gasteiger partial charge in [0.1, 0.15) is 0 Å². The minimum atomic E-state index is -4.88. The highest BCUT2D eigenvalue weighted by Gasteiger charge is 2.33. The summed E-state index contributed by atoms with van der Waals surface area (Å²) in [5.74, 6) is -0.655. The van der Waals surface area contributed by atoms with E-state index in [1.165, 1.54) is 49.4 Å². The molecule has 214 valence electrons. The fourth-order valence-electron chi connectivity index (χ4n) is 3.77. The van der Waals surface area contributed by atoms with Crippen LogP contribution in [0.1, 0.15) is 19.4 Å². The molecule has 0 radical (unpaired) electrons. The molecular formula is C27H31N3O8S2. The van der Waals surface area contributed by atoms with E-state index in [0.717, 1.165) is 15.2 Å². The van der Waals surface area contributed by atoms with Crippen molar-refractivity contribution >= 4 is 20.0 Å². The second-order valence-corrected chi connectivity index (χ2v) is 12.3. The zero-order chi connectivity index (χ0) is 29.5. The molecule has 0 saturated carbocycles. The van der Waals surface area contributed by atoms with Gasteiger partial charge in [-0.1, -0.05) is 36.4 Å². The molecule has 3 rings (SSSR count). The summed E-state index contributed by atoms with van der Waals surface area (Å²) in [6.07, 6.45) is 3.81. The fourth-order valence-corrected chi connectivity index (χ4v) is 6.94. The first-order valence-corrected chi connectivity index (χ1v) is 15.3. The van der Waals surface area contributed by atoms with Gasteiger partial charge < -0.3 is 10.0 Å². The van der Waals surface area contributed by atoms with E-state index in [4.69, 9.17) is 4.18 Å². The van der Waals surface area contributed by atoms with Crippen LogP contribution in [0.3, 0.4) is 0 Å². The summed E-state index contributed by atoms with van der Waals surface area (Å²) in [7, 11) is -9.40. The zero-order valence-corrected chi connectivity index (χ0v) is 23.9. The lowest BCUT2D eigenvalue weighted by molar-refractivity contribution is 0.286. The molecule has 0 aliphatic heterocycles. The minimum absolute atomic E-state index is 0.139. The maximum absolute atomic E-state index is 13.3. The predicted molar refractivity (Wildman–Crippen MR) is 151 cm³/mol. The van der Waals surface area contributed by atoms with Crippen molar-refractivity contribution in [2.75, 3.05) is 19.7 Å². The Morgan fingerprint density at radius 3 is 2.10 bits per heavy atom. The zero-order valence-electron chi connectivity index (χ0n) is 22.3. The highest BCUT2D eigenvalue weighted by Crippen LogP contribution is 2.25. The van der Waals surface area contributed by atoms with Crippen molar-refractivity contribution in [1.29, 1.82) is 0 Å². The third-order valence-corrected chi connectivity index (χ3v) is 9.95. The number of rotatable bonds is 12.